The lowest BCUT2D eigenvalue weighted by Gasteiger charge is -2.45. The molecule has 0 aromatic carbocycles. The molecule has 26 heteroatoms. The number of aliphatic hydroxyl groups excluding tert-OH is 2. The lowest BCUT2D eigenvalue weighted by Crippen LogP contribution is -2.65. The van der Waals surface area contributed by atoms with Crippen LogP contribution in [-0.2, 0) is 59.9 Å². The molecular formula is C39H54O22P4. The minimum atomic E-state index is -5.82. The minimum absolute atomic E-state index is 0.129. The molecule has 0 radical (unpaired) electrons. The van der Waals surface area contributed by atoms with Crippen molar-refractivity contribution in [3.63, 3.8) is 0 Å². The van der Waals surface area contributed by atoms with Crippen molar-refractivity contribution in [3.8, 4) is 71.0 Å². The lowest BCUT2D eigenvalue weighted by atomic mass is 9.85. The van der Waals surface area contributed by atoms with Gasteiger partial charge in [0.1, 0.15) is 43.2 Å². The monoisotopic (exact) mass is 998 g/mol. The van der Waals surface area contributed by atoms with E-state index in [2.05, 4.69) is 85.6 Å². The van der Waals surface area contributed by atoms with E-state index in [1.165, 1.54) is 38.5 Å². The average Bonchev–Trinajstić information content (AvgIpc) is 3.20. The van der Waals surface area contributed by atoms with Gasteiger partial charge in [-0.25, -0.2) is 23.1 Å². The second kappa shape index (κ2) is 31.6. The number of ether oxygens (including phenoxy) is 2. The van der Waals surface area contributed by atoms with E-state index in [1.54, 1.807) is 6.92 Å². The maximum Gasteiger partial charge on any atom is 0.472 e. The second-order valence-electron chi connectivity index (χ2n) is 13.8. The Morgan fingerprint density at radius 2 is 0.923 bits per heavy atom. The molecule has 0 amide bonds. The molecule has 65 heavy (non-hydrogen) atoms. The highest BCUT2D eigenvalue weighted by Gasteiger charge is 2.59. The fourth-order valence-corrected chi connectivity index (χ4v) is 8.38. The summed E-state index contributed by atoms with van der Waals surface area (Å²) in [6.07, 6.45) is -4.98. The van der Waals surface area contributed by atoms with Crippen LogP contribution in [-0.4, -0.2) is 112 Å². The minimum Gasteiger partial charge on any atom is -0.456 e. The average molecular weight is 999 g/mol. The van der Waals surface area contributed by atoms with Crippen LogP contribution < -0.4 is 0 Å². The third-order valence-corrected chi connectivity index (χ3v) is 11.0. The fraction of sp³-hybridized carbons (Fsp3) is 0.641. The maximum absolute atomic E-state index is 13.2. The van der Waals surface area contributed by atoms with Crippen molar-refractivity contribution in [2.24, 2.45) is 0 Å². The molecule has 1 saturated carbocycles. The number of carbonyl (C=O) groups is 2. The van der Waals surface area contributed by atoms with Crippen molar-refractivity contribution in [1.29, 1.82) is 0 Å². The number of esters is 2. The summed E-state index contributed by atoms with van der Waals surface area (Å²) in [4.78, 5) is 91.9. The third kappa shape index (κ3) is 29.8. The molecule has 0 saturated heterocycles. The fourth-order valence-electron chi connectivity index (χ4n) is 5.73. The Labute approximate surface area is 377 Å². The smallest absolute Gasteiger partial charge is 0.456 e. The molecule has 1 aliphatic rings. The van der Waals surface area contributed by atoms with E-state index >= 15 is 0 Å². The molecule has 1 rings (SSSR count). The van der Waals surface area contributed by atoms with E-state index in [4.69, 9.17) is 18.5 Å². The Bertz CT molecular complexity index is 2070. The summed E-state index contributed by atoms with van der Waals surface area (Å²) < 4.78 is 81.1. The molecule has 0 spiro atoms. The number of hydrogen-bond acceptors (Lipinski definition) is 15. The van der Waals surface area contributed by atoms with Crippen LogP contribution in [0.4, 0.5) is 0 Å². The second-order valence-corrected chi connectivity index (χ2v) is 18.8. The summed E-state index contributed by atoms with van der Waals surface area (Å²) in [5.74, 6) is 26.0. The summed E-state index contributed by atoms with van der Waals surface area (Å²) in [5.41, 5.74) is 0. The number of rotatable bonds is 28. The standard InChI is InChI=1S/C39H54O22P4/c1-3-5-7-9-11-13-15-16-18-20-22-24-26-28-33(41)57-31(29-55-32(40)27-25-23-21-19-17-14-12-10-8-6-4-2)30-56-65(53,54)61-36-34(42)37(58-62(44,45)46)39(60-64(50,51)52)38(35(36)43)59-63(47,48)49/h31,34-39,42-43H,3,5,7,9,11,13,15-16,18,20,22,24,26,28-30H2,1-2H3,(H,53,54)(H2,44,45,46)(H2,47,48,49)(H2,50,51,52)/t31-,34+,35?,36?,37+,38-,39?/m1/s1. The summed E-state index contributed by atoms with van der Waals surface area (Å²) >= 11 is 0. The molecule has 1 fully saturated rings. The summed E-state index contributed by atoms with van der Waals surface area (Å²) in [5, 5.41) is 21.7. The van der Waals surface area contributed by atoms with Crippen LogP contribution in [0.15, 0.2) is 0 Å². The van der Waals surface area contributed by atoms with E-state index in [9.17, 15) is 72.3 Å². The predicted molar refractivity (Wildman–Crippen MR) is 227 cm³/mol. The molecule has 0 aliphatic heterocycles. The zero-order valence-corrected chi connectivity index (χ0v) is 39.1. The topological polar surface area (TPSA) is 349 Å². The molecule has 0 heterocycles. The van der Waals surface area contributed by atoms with Gasteiger partial charge >= 0.3 is 43.2 Å². The van der Waals surface area contributed by atoms with Crippen molar-refractivity contribution >= 4 is 43.2 Å². The highest BCUT2D eigenvalue weighted by Crippen LogP contribution is 2.53. The normalized spacial score (nSPS) is 20.6. The first-order valence-electron chi connectivity index (χ1n) is 20.0. The highest BCUT2D eigenvalue weighted by atomic mass is 31.2. The zero-order chi connectivity index (χ0) is 48.9. The van der Waals surface area contributed by atoms with Crippen molar-refractivity contribution in [1.82, 2.24) is 0 Å². The van der Waals surface area contributed by atoms with Crippen molar-refractivity contribution < 1.29 is 104 Å². The van der Waals surface area contributed by atoms with E-state index < -0.39 is 99.2 Å². The van der Waals surface area contributed by atoms with Gasteiger partial charge in [-0.2, -0.15) is 0 Å². The Morgan fingerprint density at radius 3 is 1.35 bits per heavy atom. The number of hydrogen-bond donors (Lipinski definition) is 9. The summed E-state index contributed by atoms with van der Waals surface area (Å²) in [7, 11) is -23.2. The molecule has 0 aromatic heterocycles. The van der Waals surface area contributed by atoms with Gasteiger partial charge in [-0.3, -0.25) is 27.4 Å². The van der Waals surface area contributed by atoms with E-state index in [0.717, 1.165) is 32.1 Å². The molecule has 22 nitrogen and oxygen atoms in total. The number of unbranched alkanes of at least 4 members (excludes halogenated alkanes) is 12. The van der Waals surface area contributed by atoms with E-state index in [0.29, 0.717) is 12.8 Å². The van der Waals surface area contributed by atoms with Gasteiger partial charge in [0.05, 0.1) is 6.61 Å². The SMILES string of the molecule is CC#CC#CC#CC#CC#CC#CC(=O)OC[C@H](COP(=O)(O)OC1C(O)[C@@H](OP(=O)(O)O)C(OP(=O)(O)O)[C@@H](OP(=O)(O)O)[C@H]1O)OC(=O)CCCCCCCCCCCCCCC. The van der Waals surface area contributed by atoms with Crippen LogP contribution in [0.25, 0.3) is 0 Å². The third-order valence-electron chi connectivity index (χ3n) is 8.48. The number of phosphoric ester groups is 4. The molecular weight excluding hydrogens is 944 g/mol. The lowest BCUT2D eigenvalue weighted by molar-refractivity contribution is -0.209. The van der Waals surface area contributed by atoms with Crippen LogP contribution in [0.1, 0.15) is 104 Å². The molecule has 8 atom stereocenters. The molecule has 0 bridgehead atoms. The number of aliphatic hydroxyl groups is 2. The quantitative estimate of drug-likeness (QED) is 0.0179. The van der Waals surface area contributed by atoms with Crippen molar-refractivity contribution in [3.05, 3.63) is 0 Å². The van der Waals surface area contributed by atoms with Crippen LogP contribution in [0, 0.1) is 71.0 Å². The van der Waals surface area contributed by atoms with Crippen LogP contribution >= 0.6 is 31.3 Å². The Morgan fingerprint density at radius 1 is 0.523 bits per heavy atom. The number of phosphoric acid groups is 4. The summed E-state index contributed by atoms with van der Waals surface area (Å²) in [6.45, 7) is 1.80. The van der Waals surface area contributed by atoms with Gasteiger partial charge in [-0.05, 0) is 72.5 Å². The Hall–Kier alpha value is -3.34. The van der Waals surface area contributed by atoms with Gasteiger partial charge in [-0.1, -0.05) is 89.9 Å². The number of carbonyl (C=O) groups excluding carboxylic acids is 2. The van der Waals surface area contributed by atoms with Gasteiger partial charge in [-0.15, -0.1) is 0 Å². The van der Waals surface area contributed by atoms with Gasteiger partial charge < -0.3 is 53.9 Å². The zero-order valence-electron chi connectivity index (χ0n) is 35.5. The maximum atomic E-state index is 13.2. The van der Waals surface area contributed by atoms with Gasteiger partial charge in [0.15, 0.2) is 6.10 Å². The van der Waals surface area contributed by atoms with E-state index in [-0.39, 0.29) is 6.42 Å². The predicted octanol–water partition coefficient (Wildman–Crippen LogP) is 2.63. The molecule has 1 aliphatic carbocycles. The Balaban J connectivity index is 3.12. The van der Waals surface area contributed by atoms with Gasteiger partial charge in [0, 0.05) is 12.3 Å². The Kier molecular flexibility index (Phi) is 29.0. The van der Waals surface area contributed by atoms with E-state index in [1.807, 2.05) is 5.92 Å². The highest BCUT2D eigenvalue weighted by molar-refractivity contribution is 7.47. The largest absolute Gasteiger partial charge is 0.472 e. The molecule has 0 aromatic rings. The first-order chi connectivity index (χ1) is 30.5. The van der Waals surface area contributed by atoms with Gasteiger partial charge in [0.25, 0.3) is 0 Å². The molecule has 9 N–H and O–H groups in total. The van der Waals surface area contributed by atoms with Crippen LogP contribution in [0.3, 0.4) is 0 Å². The van der Waals surface area contributed by atoms with Gasteiger partial charge in [0.2, 0.25) is 0 Å². The van der Waals surface area contributed by atoms with Crippen molar-refractivity contribution in [2.75, 3.05) is 13.2 Å². The first-order valence-corrected chi connectivity index (χ1v) is 26.1. The van der Waals surface area contributed by atoms with Crippen LogP contribution in [0.2, 0.25) is 0 Å². The molecule has 4 unspecified atom stereocenters. The van der Waals surface area contributed by atoms with Crippen molar-refractivity contribution in [2.45, 2.75) is 146 Å². The molecule has 362 valence electrons. The first kappa shape index (κ1) is 59.7. The summed E-state index contributed by atoms with van der Waals surface area (Å²) in [6, 6.07) is 0. The van der Waals surface area contributed by atoms with Crippen LogP contribution in [0.5, 0.6) is 0 Å².